The zero-order chi connectivity index (χ0) is 12.3. The van der Waals surface area contributed by atoms with Gasteiger partial charge in [-0.05, 0) is 43.9 Å². The van der Waals surface area contributed by atoms with E-state index in [-0.39, 0.29) is 17.8 Å². The van der Waals surface area contributed by atoms with Crippen LogP contribution < -0.4 is 5.32 Å². The summed E-state index contributed by atoms with van der Waals surface area (Å²) in [6, 6.07) is 7.48. The highest BCUT2D eigenvalue weighted by Gasteiger charge is 2.21. The lowest BCUT2D eigenvalue weighted by atomic mass is 9.87. The van der Waals surface area contributed by atoms with E-state index in [2.05, 4.69) is 27.3 Å². The first-order valence-corrected chi connectivity index (χ1v) is 6.59. The molecule has 0 spiro atoms. The number of nitrogens with zero attached hydrogens (tertiary/aromatic N) is 1. The number of hydrogen-bond acceptors (Lipinski definition) is 2. The summed E-state index contributed by atoms with van der Waals surface area (Å²) in [5.41, 5.74) is 0.541. The lowest BCUT2D eigenvalue weighted by Gasteiger charge is -2.26. The SMILES string of the molecule is N#CC1CCC(Nc2cc(Br)ccc2F)CC1. The van der Waals surface area contributed by atoms with Gasteiger partial charge in [-0.15, -0.1) is 0 Å². The van der Waals surface area contributed by atoms with Crippen LogP contribution in [0.15, 0.2) is 22.7 Å². The fraction of sp³-hybridized carbons (Fsp3) is 0.462. The Balaban J connectivity index is 1.98. The fourth-order valence-electron chi connectivity index (χ4n) is 2.19. The number of rotatable bonds is 2. The lowest BCUT2D eigenvalue weighted by molar-refractivity contribution is 0.396. The van der Waals surface area contributed by atoms with Crippen LogP contribution in [0.4, 0.5) is 10.1 Å². The van der Waals surface area contributed by atoms with Crippen molar-refractivity contribution in [2.75, 3.05) is 5.32 Å². The van der Waals surface area contributed by atoms with E-state index in [0.29, 0.717) is 5.69 Å². The highest BCUT2D eigenvalue weighted by atomic mass is 79.9. The zero-order valence-electron chi connectivity index (χ0n) is 9.42. The molecule has 1 fully saturated rings. The summed E-state index contributed by atoms with van der Waals surface area (Å²) in [7, 11) is 0. The number of anilines is 1. The van der Waals surface area contributed by atoms with Crippen LogP contribution in [0, 0.1) is 23.1 Å². The molecule has 2 rings (SSSR count). The molecular weight excluding hydrogens is 283 g/mol. The van der Waals surface area contributed by atoms with Crippen molar-refractivity contribution in [1.82, 2.24) is 0 Å². The van der Waals surface area contributed by atoms with Crippen molar-refractivity contribution < 1.29 is 4.39 Å². The molecule has 1 aromatic rings. The van der Waals surface area contributed by atoms with E-state index in [1.165, 1.54) is 6.07 Å². The summed E-state index contributed by atoms with van der Waals surface area (Å²) in [4.78, 5) is 0. The maximum Gasteiger partial charge on any atom is 0.146 e. The van der Waals surface area contributed by atoms with Crippen molar-refractivity contribution in [3.05, 3.63) is 28.5 Å². The quantitative estimate of drug-likeness (QED) is 0.892. The molecule has 2 nitrogen and oxygen atoms in total. The van der Waals surface area contributed by atoms with Crippen molar-refractivity contribution in [3.63, 3.8) is 0 Å². The van der Waals surface area contributed by atoms with E-state index in [9.17, 15) is 4.39 Å². The third kappa shape index (κ3) is 3.19. The van der Waals surface area contributed by atoms with Crippen LogP contribution in [-0.4, -0.2) is 6.04 Å². The molecule has 0 saturated heterocycles. The highest BCUT2D eigenvalue weighted by Crippen LogP contribution is 2.28. The van der Waals surface area contributed by atoms with Crippen LogP contribution >= 0.6 is 15.9 Å². The normalized spacial score (nSPS) is 24.1. The summed E-state index contributed by atoms with van der Waals surface area (Å²) in [6.07, 6.45) is 3.68. The van der Waals surface area contributed by atoms with Crippen molar-refractivity contribution >= 4 is 21.6 Å². The molecule has 0 aromatic heterocycles. The molecule has 17 heavy (non-hydrogen) atoms. The topological polar surface area (TPSA) is 35.8 Å². The van der Waals surface area contributed by atoms with Gasteiger partial charge in [-0.2, -0.15) is 5.26 Å². The van der Waals surface area contributed by atoms with Crippen LogP contribution in [0.3, 0.4) is 0 Å². The second-order valence-electron chi connectivity index (χ2n) is 4.45. The summed E-state index contributed by atoms with van der Waals surface area (Å²) >= 11 is 3.33. The molecule has 0 bridgehead atoms. The summed E-state index contributed by atoms with van der Waals surface area (Å²) in [5, 5.41) is 12.0. The molecule has 1 aromatic carbocycles. The van der Waals surface area contributed by atoms with Gasteiger partial charge in [-0.25, -0.2) is 4.39 Å². The molecule has 1 N–H and O–H groups in total. The lowest BCUT2D eigenvalue weighted by Crippen LogP contribution is -2.26. The Kier molecular flexibility index (Phi) is 4.01. The minimum atomic E-state index is -0.226. The van der Waals surface area contributed by atoms with Crippen LogP contribution in [-0.2, 0) is 0 Å². The van der Waals surface area contributed by atoms with Crippen molar-refractivity contribution in [2.45, 2.75) is 31.7 Å². The van der Waals surface area contributed by atoms with Crippen LogP contribution in [0.2, 0.25) is 0 Å². The molecule has 90 valence electrons. The summed E-state index contributed by atoms with van der Waals surface area (Å²) in [5.74, 6) is -0.0454. The van der Waals surface area contributed by atoms with Gasteiger partial charge in [0.1, 0.15) is 5.82 Å². The molecule has 0 atom stereocenters. The Hall–Kier alpha value is -1.08. The number of nitrogens with one attached hydrogen (secondary N) is 1. The smallest absolute Gasteiger partial charge is 0.146 e. The Bertz CT molecular complexity index is 434. The van der Waals surface area contributed by atoms with Gasteiger partial charge in [0.2, 0.25) is 0 Å². The molecule has 0 aliphatic heterocycles. The van der Waals surface area contributed by atoms with E-state index in [1.807, 2.05) is 0 Å². The molecule has 4 heteroatoms. The van der Waals surface area contributed by atoms with Gasteiger partial charge in [-0.1, -0.05) is 15.9 Å². The highest BCUT2D eigenvalue weighted by molar-refractivity contribution is 9.10. The third-order valence-corrected chi connectivity index (χ3v) is 3.69. The molecule has 1 saturated carbocycles. The third-order valence-electron chi connectivity index (χ3n) is 3.20. The minimum Gasteiger partial charge on any atom is -0.380 e. The molecular formula is C13H14BrFN2. The second-order valence-corrected chi connectivity index (χ2v) is 5.36. The fourth-order valence-corrected chi connectivity index (χ4v) is 2.56. The molecule has 0 radical (unpaired) electrons. The monoisotopic (exact) mass is 296 g/mol. The number of halogens is 2. The maximum atomic E-state index is 13.5. The number of benzene rings is 1. The van der Waals surface area contributed by atoms with Gasteiger partial charge in [0.15, 0.2) is 0 Å². The maximum absolute atomic E-state index is 13.5. The van der Waals surface area contributed by atoms with Crippen molar-refractivity contribution in [1.29, 1.82) is 5.26 Å². The number of hydrogen-bond donors (Lipinski definition) is 1. The minimum absolute atomic E-state index is 0.181. The van der Waals surface area contributed by atoms with E-state index in [4.69, 9.17) is 5.26 Å². The predicted octanol–water partition coefficient (Wildman–Crippen LogP) is 4.08. The molecule has 1 aliphatic carbocycles. The average molecular weight is 297 g/mol. The van der Waals surface area contributed by atoms with E-state index in [1.54, 1.807) is 12.1 Å². The molecule has 0 unspecified atom stereocenters. The van der Waals surface area contributed by atoms with E-state index < -0.39 is 0 Å². The zero-order valence-corrected chi connectivity index (χ0v) is 11.0. The van der Waals surface area contributed by atoms with Crippen molar-refractivity contribution in [3.8, 4) is 6.07 Å². The van der Waals surface area contributed by atoms with Gasteiger partial charge in [-0.3, -0.25) is 0 Å². The van der Waals surface area contributed by atoms with Crippen LogP contribution in [0.5, 0.6) is 0 Å². The van der Waals surface area contributed by atoms with Gasteiger partial charge in [0.05, 0.1) is 11.8 Å². The standard InChI is InChI=1S/C13H14BrFN2/c14-10-3-6-12(15)13(7-10)17-11-4-1-9(8-16)2-5-11/h3,6-7,9,11,17H,1-2,4-5H2. The summed E-state index contributed by atoms with van der Waals surface area (Å²) in [6.45, 7) is 0. The molecule has 0 amide bonds. The second kappa shape index (κ2) is 5.50. The largest absolute Gasteiger partial charge is 0.380 e. The number of nitriles is 1. The Morgan fingerprint density at radius 1 is 1.29 bits per heavy atom. The van der Waals surface area contributed by atoms with Gasteiger partial charge < -0.3 is 5.32 Å². The Morgan fingerprint density at radius 2 is 2.00 bits per heavy atom. The Labute approximate surface area is 109 Å². The van der Waals surface area contributed by atoms with Crippen LogP contribution in [0.1, 0.15) is 25.7 Å². The Morgan fingerprint density at radius 3 is 2.65 bits per heavy atom. The predicted molar refractivity (Wildman–Crippen MR) is 69.1 cm³/mol. The molecule has 1 aliphatic rings. The molecule has 0 heterocycles. The van der Waals surface area contributed by atoms with E-state index >= 15 is 0 Å². The van der Waals surface area contributed by atoms with Crippen molar-refractivity contribution in [2.24, 2.45) is 5.92 Å². The average Bonchev–Trinajstić information content (AvgIpc) is 2.35. The van der Waals surface area contributed by atoms with Gasteiger partial charge >= 0.3 is 0 Å². The first-order chi connectivity index (χ1) is 8.19. The van der Waals surface area contributed by atoms with Crippen LogP contribution in [0.25, 0.3) is 0 Å². The van der Waals surface area contributed by atoms with Gasteiger partial charge in [0, 0.05) is 16.4 Å². The van der Waals surface area contributed by atoms with E-state index in [0.717, 1.165) is 30.2 Å². The first-order valence-electron chi connectivity index (χ1n) is 5.80. The van der Waals surface area contributed by atoms with Gasteiger partial charge in [0.25, 0.3) is 0 Å². The first kappa shape index (κ1) is 12.4. The summed E-state index contributed by atoms with van der Waals surface area (Å²) < 4.78 is 14.4.